The number of carbonyl (C=O) groups excluding carboxylic acids is 1. The monoisotopic (exact) mass is 460 g/mol. The van der Waals surface area contributed by atoms with Crippen molar-refractivity contribution in [3.05, 3.63) is 77.6 Å². The summed E-state index contributed by atoms with van der Waals surface area (Å²) in [6.45, 7) is 4.60. The summed E-state index contributed by atoms with van der Waals surface area (Å²) in [6.07, 6.45) is 5.34. The van der Waals surface area contributed by atoms with Gasteiger partial charge in [0.1, 0.15) is 19.8 Å². The van der Waals surface area contributed by atoms with Crippen molar-refractivity contribution in [1.82, 2.24) is 9.88 Å². The largest absolute Gasteiger partial charge is 0.490 e. The average molecular weight is 461 g/mol. The molecular weight excluding hydrogens is 432 g/mol. The maximum Gasteiger partial charge on any atom is 0.254 e. The van der Waals surface area contributed by atoms with Crippen molar-refractivity contribution in [2.75, 3.05) is 26.4 Å². The van der Waals surface area contributed by atoms with Crippen molar-refractivity contribution in [2.24, 2.45) is 0 Å². The van der Waals surface area contributed by atoms with Gasteiger partial charge in [0.2, 0.25) is 0 Å². The number of ether oxygens (including phenoxy) is 4. The van der Waals surface area contributed by atoms with E-state index in [1.54, 1.807) is 18.5 Å². The molecule has 0 spiro atoms. The number of benzene rings is 2. The van der Waals surface area contributed by atoms with Crippen molar-refractivity contribution >= 4 is 5.91 Å². The number of rotatable bonds is 7. The Kier molecular flexibility index (Phi) is 6.51. The maximum absolute atomic E-state index is 13.5. The van der Waals surface area contributed by atoms with E-state index < -0.39 is 0 Å². The van der Waals surface area contributed by atoms with Crippen LogP contribution in [0.25, 0.3) is 0 Å². The second kappa shape index (κ2) is 10.0. The Morgan fingerprint density at radius 1 is 1.00 bits per heavy atom. The van der Waals surface area contributed by atoms with Gasteiger partial charge in [-0.15, -0.1) is 0 Å². The molecule has 2 aromatic carbocycles. The van der Waals surface area contributed by atoms with Gasteiger partial charge in [0.25, 0.3) is 5.91 Å². The van der Waals surface area contributed by atoms with Crippen LogP contribution in [-0.2, 0) is 6.61 Å². The van der Waals surface area contributed by atoms with Crippen molar-refractivity contribution < 1.29 is 23.7 Å². The van der Waals surface area contributed by atoms with Crippen LogP contribution in [0.4, 0.5) is 0 Å². The molecule has 7 heteroatoms. The summed E-state index contributed by atoms with van der Waals surface area (Å²) in [4.78, 5) is 19.5. The normalized spacial score (nSPS) is 16.9. The molecule has 1 atom stereocenters. The predicted molar refractivity (Wildman–Crippen MR) is 127 cm³/mol. The molecule has 1 saturated heterocycles. The quantitative estimate of drug-likeness (QED) is 0.504. The summed E-state index contributed by atoms with van der Waals surface area (Å²) in [5.41, 5.74) is 2.67. The Bertz CT molecular complexity index is 1150. The molecule has 1 unspecified atom stereocenters. The van der Waals surface area contributed by atoms with Crippen molar-refractivity contribution in [3.63, 3.8) is 0 Å². The molecule has 2 aliphatic heterocycles. The van der Waals surface area contributed by atoms with Gasteiger partial charge in [-0.25, -0.2) is 0 Å². The van der Waals surface area contributed by atoms with E-state index in [1.165, 1.54) is 0 Å². The zero-order valence-corrected chi connectivity index (χ0v) is 19.2. The number of nitrogens with zero attached hydrogens (tertiary/aromatic N) is 2. The van der Waals surface area contributed by atoms with Gasteiger partial charge in [-0.3, -0.25) is 9.78 Å². The van der Waals surface area contributed by atoms with E-state index in [9.17, 15) is 4.79 Å². The zero-order valence-electron chi connectivity index (χ0n) is 19.2. The molecule has 0 aliphatic carbocycles. The first-order chi connectivity index (χ1) is 16.7. The van der Waals surface area contributed by atoms with Crippen LogP contribution in [0.5, 0.6) is 23.0 Å². The first-order valence-corrected chi connectivity index (χ1v) is 11.7. The van der Waals surface area contributed by atoms with Crippen LogP contribution < -0.4 is 18.9 Å². The fourth-order valence-corrected chi connectivity index (χ4v) is 4.46. The zero-order chi connectivity index (χ0) is 23.3. The van der Waals surface area contributed by atoms with Crippen LogP contribution in [0.2, 0.25) is 0 Å². The Labute approximate surface area is 199 Å². The minimum Gasteiger partial charge on any atom is -0.490 e. The van der Waals surface area contributed by atoms with E-state index in [4.69, 9.17) is 18.9 Å². The number of hydrogen-bond donors (Lipinski definition) is 0. The molecule has 2 aliphatic rings. The van der Waals surface area contributed by atoms with Gasteiger partial charge in [0, 0.05) is 24.5 Å². The second-order valence-electron chi connectivity index (χ2n) is 8.30. The van der Waals surface area contributed by atoms with Gasteiger partial charge in [0.15, 0.2) is 23.0 Å². The lowest BCUT2D eigenvalue weighted by Crippen LogP contribution is -2.30. The molecule has 34 heavy (non-hydrogen) atoms. The van der Waals surface area contributed by atoms with Gasteiger partial charge in [-0.1, -0.05) is 6.07 Å². The first kappa shape index (κ1) is 22.1. The average Bonchev–Trinajstić information content (AvgIpc) is 3.38. The van der Waals surface area contributed by atoms with Gasteiger partial charge < -0.3 is 23.8 Å². The minimum absolute atomic E-state index is 0.00138. The number of likely N-dealkylation sites (tertiary alicyclic amines) is 1. The Hall–Kier alpha value is -3.74. The summed E-state index contributed by atoms with van der Waals surface area (Å²) >= 11 is 0. The smallest absolute Gasteiger partial charge is 0.254 e. The van der Waals surface area contributed by atoms with Crippen molar-refractivity contribution in [2.45, 2.75) is 32.4 Å². The topological polar surface area (TPSA) is 70.1 Å². The standard InChI is InChI=1S/C27H28N2O5/c1-2-31-25-17-21(6-8-24(25)34-18-19-9-11-28-12-10-19)27(30)29-13-3-4-22(29)20-5-7-23-26(16-20)33-15-14-32-23/h5-12,16-17,22H,2-4,13-15,18H2,1H3. The highest BCUT2D eigenvalue weighted by Gasteiger charge is 2.32. The van der Waals surface area contributed by atoms with E-state index in [0.717, 1.165) is 35.5 Å². The van der Waals surface area contributed by atoms with Crippen LogP contribution in [-0.4, -0.2) is 42.2 Å². The molecule has 7 nitrogen and oxygen atoms in total. The summed E-state index contributed by atoms with van der Waals surface area (Å²) in [7, 11) is 0. The van der Waals surface area contributed by atoms with E-state index in [2.05, 4.69) is 4.98 Å². The van der Waals surface area contributed by atoms with Crippen molar-refractivity contribution in [3.8, 4) is 23.0 Å². The van der Waals surface area contributed by atoms with Crippen LogP contribution >= 0.6 is 0 Å². The number of pyridine rings is 1. The summed E-state index contributed by atoms with van der Waals surface area (Å²) in [6, 6.07) is 15.2. The molecule has 0 radical (unpaired) electrons. The third-order valence-corrected chi connectivity index (χ3v) is 6.10. The fraction of sp³-hybridized carbons (Fsp3) is 0.333. The number of aromatic nitrogens is 1. The molecule has 0 bridgehead atoms. The molecule has 1 amide bonds. The maximum atomic E-state index is 13.5. The highest BCUT2D eigenvalue weighted by Crippen LogP contribution is 2.39. The molecule has 0 N–H and O–H groups in total. The second-order valence-corrected chi connectivity index (χ2v) is 8.30. The van der Waals surface area contributed by atoms with Crippen molar-refractivity contribution in [1.29, 1.82) is 0 Å². The van der Waals surface area contributed by atoms with Crippen LogP contribution in [0.1, 0.15) is 47.3 Å². The molecule has 1 fully saturated rings. The number of carbonyl (C=O) groups is 1. The molecule has 0 saturated carbocycles. The van der Waals surface area contributed by atoms with E-state index in [-0.39, 0.29) is 11.9 Å². The van der Waals surface area contributed by atoms with Gasteiger partial charge in [-0.05, 0) is 73.4 Å². The van der Waals surface area contributed by atoms with Gasteiger partial charge in [0.05, 0.1) is 12.6 Å². The number of fused-ring (bicyclic) bond motifs is 1. The van der Waals surface area contributed by atoms with Crippen LogP contribution in [0.15, 0.2) is 60.9 Å². The first-order valence-electron chi connectivity index (χ1n) is 11.7. The lowest BCUT2D eigenvalue weighted by atomic mass is 10.0. The highest BCUT2D eigenvalue weighted by molar-refractivity contribution is 5.95. The summed E-state index contributed by atoms with van der Waals surface area (Å²) < 4.78 is 23.2. The van der Waals surface area contributed by atoms with Crippen LogP contribution in [0.3, 0.4) is 0 Å². The van der Waals surface area contributed by atoms with E-state index >= 15 is 0 Å². The molecule has 5 rings (SSSR count). The predicted octanol–water partition coefficient (Wildman–Crippen LogP) is 4.81. The molecule has 176 valence electrons. The van der Waals surface area contributed by atoms with E-state index in [1.807, 2.05) is 54.3 Å². The van der Waals surface area contributed by atoms with E-state index in [0.29, 0.717) is 50.0 Å². The fourth-order valence-electron chi connectivity index (χ4n) is 4.46. The van der Waals surface area contributed by atoms with Crippen LogP contribution in [0, 0.1) is 0 Å². The molecule has 3 heterocycles. The molecule has 1 aromatic heterocycles. The third kappa shape index (κ3) is 4.64. The lowest BCUT2D eigenvalue weighted by Gasteiger charge is -2.27. The SMILES string of the molecule is CCOc1cc(C(=O)N2CCCC2c2ccc3c(c2)OCCO3)ccc1OCc1ccncc1. The summed E-state index contributed by atoms with van der Waals surface area (Å²) in [5.74, 6) is 2.67. The minimum atomic E-state index is -0.0148. The number of hydrogen-bond acceptors (Lipinski definition) is 6. The Morgan fingerprint density at radius 3 is 2.65 bits per heavy atom. The Morgan fingerprint density at radius 2 is 1.82 bits per heavy atom. The molecular formula is C27H28N2O5. The Balaban J connectivity index is 1.35. The lowest BCUT2D eigenvalue weighted by molar-refractivity contribution is 0.0734. The highest BCUT2D eigenvalue weighted by atomic mass is 16.6. The number of amides is 1. The van der Waals surface area contributed by atoms with Gasteiger partial charge >= 0.3 is 0 Å². The molecule has 3 aromatic rings. The van der Waals surface area contributed by atoms with Gasteiger partial charge in [-0.2, -0.15) is 0 Å². The summed E-state index contributed by atoms with van der Waals surface area (Å²) in [5, 5.41) is 0. The third-order valence-electron chi connectivity index (χ3n) is 6.10.